The molecule has 3 rings (SSSR count). The Morgan fingerprint density at radius 1 is 1.04 bits per heavy atom. The highest BCUT2D eigenvalue weighted by molar-refractivity contribution is 6.04. The fraction of sp³-hybridized carbons (Fsp3) is 0.318. The molecule has 3 nitrogen and oxygen atoms in total. The summed E-state index contributed by atoms with van der Waals surface area (Å²) in [6, 6.07) is 14.2. The number of aromatic amines is 1. The van der Waals surface area contributed by atoms with E-state index in [9.17, 15) is 4.79 Å². The van der Waals surface area contributed by atoms with Crippen LogP contribution in [0, 0.1) is 0 Å². The van der Waals surface area contributed by atoms with E-state index in [0.717, 1.165) is 46.2 Å². The van der Waals surface area contributed by atoms with E-state index >= 15 is 0 Å². The van der Waals surface area contributed by atoms with Gasteiger partial charge in [0.25, 0.3) is 0 Å². The summed E-state index contributed by atoms with van der Waals surface area (Å²) in [5.41, 5.74) is 4.90. The lowest BCUT2D eigenvalue weighted by Crippen LogP contribution is -1.87. The quantitative estimate of drug-likeness (QED) is 0.419. The predicted molar refractivity (Wildman–Crippen MR) is 104 cm³/mol. The molecule has 25 heavy (non-hydrogen) atoms. The first-order valence-corrected chi connectivity index (χ1v) is 9.01. The largest absolute Gasteiger partial charge is 0.497 e. The monoisotopic (exact) mass is 335 g/mol. The molecule has 1 heterocycles. The Bertz CT molecular complexity index is 846. The number of hydrogen-bond acceptors (Lipinski definition) is 2. The third-order valence-corrected chi connectivity index (χ3v) is 4.72. The number of rotatable bonds is 8. The highest BCUT2D eigenvalue weighted by Crippen LogP contribution is 2.31. The highest BCUT2D eigenvalue weighted by Gasteiger charge is 2.13. The van der Waals surface area contributed by atoms with E-state index in [2.05, 4.69) is 30.1 Å². The van der Waals surface area contributed by atoms with Gasteiger partial charge in [0.1, 0.15) is 5.75 Å². The van der Waals surface area contributed by atoms with Crippen molar-refractivity contribution in [2.24, 2.45) is 0 Å². The molecule has 0 unspecified atom stereocenters. The zero-order valence-corrected chi connectivity index (χ0v) is 15.0. The predicted octanol–water partition coefficient (Wildman–Crippen LogP) is 5.78. The summed E-state index contributed by atoms with van der Waals surface area (Å²) in [5.74, 6) is 0.807. The van der Waals surface area contributed by atoms with Crippen molar-refractivity contribution in [3.8, 4) is 17.0 Å². The van der Waals surface area contributed by atoms with E-state index in [4.69, 9.17) is 4.74 Å². The molecule has 0 saturated heterocycles. The molecule has 0 atom stereocenters. The molecule has 0 aliphatic rings. The average molecular weight is 335 g/mol. The van der Waals surface area contributed by atoms with Crippen LogP contribution in [0.5, 0.6) is 5.75 Å². The number of hydrogen-bond donors (Lipinski definition) is 1. The van der Waals surface area contributed by atoms with Crippen LogP contribution in [0.4, 0.5) is 0 Å². The number of benzene rings is 2. The lowest BCUT2D eigenvalue weighted by molar-refractivity contribution is 0.112. The molecule has 0 aliphatic carbocycles. The van der Waals surface area contributed by atoms with Gasteiger partial charge in [0.05, 0.1) is 12.8 Å². The smallest absolute Gasteiger partial charge is 0.152 e. The second kappa shape index (κ2) is 8.02. The normalized spacial score (nSPS) is 11.0. The number of fused-ring (bicyclic) bond motifs is 1. The second-order valence-electron chi connectivity index (χ2n) is 6.45. The van der Waals surface area contributed by atoms with Crippen LogP contribution in [0.25, 0.3) is 22.2 Å². The van der Waals surface area contributed by atoms with E-state index < -0.39 is 0 Å². The Hall–Kier alpha value is -2.55. The summed E-state index contributed by atoms with van der Waals surface area (Å²) < 4.78 is 5.21. The third kappa shape index (κ3) is 3.76. The Morgan fingerprint density at radius 2 is 1.84 bits per heavy atom. The summed E-state index contributed by atoms with van der Waals surface area (Å²) in [4.78, 5) is 15.2. The molecule has 0 aliphatic heterocycles. The van der Waals surface area contributed by atoms with Gasteiger partial charge < -0.3 is 9.72 Å². The number of carbonyl (C=O) groups is 1. The lowest BCUT2D eigenvalue weighted by atomic mass is 10.0. The molecule has 2 aromatic carbocycles. The summed E-state index contributed by atoms with van der Waals surface area (Å²) in [6.45, 7) is 2.23. The number of aryl methyl sites for hydroxylation is 1. The fourth-order valence-electron chi connectivity index (χ4n) is 3.28. The Kier molecular flexibility index (Phi) is 5.54. The molecule has 0 radical (unpaired) electrons. The number of unbranched alkanes of at least 4 members (excludes halogenated alkanes) is 3. The SMILES string of the molecule is CCCCCCc1ccc2[nH]c(-c3ccc(OC)cc3)c(C=O)c2c1. The van der Waals surface area contributed by atoms with Crippen molar-refractivity contribution >= 4 is 17.2 Å². The van der Waals surface area contributed by atoms with Gasteiger partial charge in [-0.15, -0.1) is 0 Å². The van der Waals surface area contributed by atoms with E-state index in [1.807, 2.05) is 24.3 Å². The number of ether oxygens (including phenoxy) is 1. The van der Waals surface area contributed by atoms with E-state index in [1.54, 1.807) is 7.11 Å². The molecule has 0 amide bonds. The van der Waals surface area contributed by atoms with Gasteiger partial charge in [-0.25, -0.2) is 0 Å². The van der Waals surface area contributed by atoms with Gasteiger partial charge in [0.2, 0.25) is 0 Å². The minimum atomic E-state index is 0.732. The fourth-order valence-corrected chi connectivity index (χ4v) is 3.28. The topological polar surface area (TPSA) is 42.1 Å². The van der Waals surface area contributed by atoms with Crippen molar-refractivity contribution in [2.75, 3.05) is 7.11 Å². The molecule has 1 N–H and O–H groups in total. The van der Waals surface area contributed by atoms with Crippen LogP contribution in [0.1, 0.15) is 48.5 Å². The Balaban J connectivity index is 1.93. The van der Waals surface area contributed by atoms with Gasteiger partial charge in [0, 0.05) is 16.5 Å². The summed E-state index contributed by atoms with van der Waals surface area (Å²) in [7, 11) is 1.65. The average Bonchev–Trinajstić information content (AvgIpc) is 3.03. The maximum absolute atomic E-state index is 11.8. The van der Waals surface area contributed by atoms with Crippen LogP contribution in [-0.4, -0.2) is 18.4 Å². The maximum Gasteiger partial charge on any atom is 0.152 e. The summed E-state index contributed by atoms with van der Waals surface area (Å²) in [6.07, 6.45) is 7.02. The lowest BCUT2D eigenvalue weighted by Gasteiger charge is -2.03. The first kappa shape index (κ1) is 17.3. The van der Waals surface area contributed by atoms with Crippen molar-refractivity contribution in [3.05, 3.63) is 53.6 Å². The molecule has 1 aromatic heterocycles. The summed E-state index contributed by atoms with van der Waals surface area (Å²) in [5, 5.41) is 1.01. The second-order valence-corrected chi connectivity index (χ2v) is 6.45. The van der Waals surface area contributed by atoms with Gasteiger partial charge in [-0.05, 0) is 60.4 Å². The zero-order valence-electron chi connectivity index (χ0n) is 15.0. The van der Waals surface area contributed by atoms with Crippen molar-refractivity contribution < 1.29 is 9.53 Å². The number of H-pyrrole nitrogens is 1. The molecule has 0 fully saturated rings. The van der Waals surface area contributed by atoms with E-state index in [0.29, 0.717) is 0 Å². The van der Waals surface area contributed by atoms with Gasteiger partial charge in [-0.3, -0.25) is 4.79 Å². The molecule has 3 aromatic rings. The maximum atomic E-state index is 11.8. The number of aldehydes is 1. The molecule has 0 spiro atoms. The first-order chi connectivity index (χ1) is 12.3. The minimum Gasteiger partial charge on any atom is -0.497 e. The minimum absolute atomic E-state index is 0.732. The van der Waals surface area contributed by atoms with Crippen LogP contribution in [0.2, 0.25) is 0 Å². The number of methoxy groups -OCH3 is 1. The standard InChI is InChI=1S/C22H25NO2/c1-3-4-5-6-7-16-8-13-21-19(14-16)20(15-24)22(23-21)17-9-11-18(25-2)12-10-17/h8-15,23H,3-7H2,1-2H3. The van der Waals surface area contributed by atoms with Crippen molar-refractivity contribution in [1.82, 2.24) is 4.98 Å². The van der Waals surface area contributed by atoms with Crippen LogP contribution >= 0.6 is 0 Å². The Labute approximate surface area is 149 Å². The molecule has 3 heteroatoms. The van der Waals surface area contributed by atoms with Crippen molar-refractivity contribution in [2.45, 2.75) is 39.0 Å². The Morgan fingerprint density at radius 3 is 2.52 bits per heavy atom. The molecule has 0 bridgehead atoms. The van der Waals surface area contributed by atoms with Crippen molar-refractivity contribution in [3.63, 3.8) is 0 Å². The van der Waals surface area contributed by atoms with Crippen LogP contribution in [0.15, 0.2) is 42.5 Å². The van der Waals surface area contributed by atoms with E-state index in [1.165, 1.54) is 31.2 Å². The van der Waals surface area contributed by atoms with Gasteiger partial charge in [0.15, 0.2) is 6.29 Å². The molecule has 0 saturated carbocycles. The summed E-state index contributed by atoms with van der Waals surface area (Å²) >= 11 is 0. The van der Waals surface area contributed by atoms with Crippen LogP contribution in [0.3, 0.4) is 0 Å². The molecular formula is C22H25NO2. The van der Waals surface area contributed by atoms with Crippen molar-refractivity contribution in [1.29, 1.82) is 0 Å². The number of carbonyl (C=O) groups excluding carboxylic acids is 1. The highest BCUT2D eigenvalue weighted by atomic mass is 16.5. The number of nitrogens with one attached hydrogen (secondary N) is 1. The van der Waals surface area contributed by atoms with Crippen LogP contribution < -0.4 is 4.74 Å². The molecular weight excluding hydrogens is 310 g/mol. The molecule has 130 valence electrons. The third-order valence-electron chi connectivity index (χ3n) is 4.72. The zero-order chi connectivity index (χ0) is 17.6. The van der Waals surface area contributed by atoms with E-state index in [-0.39, 0.29) is 0 Å². The van der Waals surface area contributed by atoms with Gasteiger partial charge in [-0.2, -0.15) is 0 Å². The number of aromatic nitrogens is 1. The first-order valence-electron chi connectivity index (χ1n) is 9.01. The van der Waals surface area contributed by atoms with Crippen LogP contribution in [-0.2, 0) is 6.42 Å². The van der Waals surface area contributed by atoms with Gasteiger partial charge >= 0.3 is 0 Å². The van der Waals surface area contributed by atoms with Gasteiger partial charge in [-0.1, -0.05) is 32.3 Å².